The number of carbonyl (C=O) groups excluding carboxylic acids is 1. The minimum atomic E-state index is -4.97. The number of anilines is 1. The van der Waals surface area contributed by atoms with Crippen molar-refractivity contribution in [2.75, 3.05) is 5.73 Å². The molecule has 6 N–H and O–H groups in total. The maximum absolute atomic E-state index is 13.4. The number of nitrogens with zero attached hydrogens (tertiary/aromatic N) is 6. The van der Waals surface area contributed by atoms with Gasteiger partial charge in [0.1, 0.15) is 14.7 Å². The standard InChI is InChI=1S/C40H27N7O13S4/c41-22-8-10-25-21(16-22)17-38(64(58,59)60)39(40(25)48)47-46-35-15-14-34(28-11-9-24(20-30(28)35)61(49,50)51)45-44-33-13-12-32(26-4-1-2-5-27(26)33)43-42-23-18-31-29(37(19-23)63(55,56)57)6-3-7-36(31)62(52,53)54/h1-16,18-20H,17,41H2,(H,49,50,51)(H,52,53,54)(H,55,56,57)(H,58,59,60). The fraction of sp³-hybridized carbons (Fsp3) is 0.0250. The molecule has 8 rings (SSSR count). The lowest BCUT2D eigenvalue weighted by atomic mass is 9.93. The monoisotopic (exact) mass is 941 g/mol. The summed E-state index contributed by atoms with van der Waals surface area (Å²) in [7, 11) is -19.5. The quantitative estimate of drug-likeness (QED) is 0.0485. The molecule has 0 atom stereocenters. The first-order valence-electron chi connectivity index (χ1n) is 18.0. The smallest absolute Gasteiger partial charge is 0.295 e. The Morgan fingerprint density at radius 3 is 1.58 bits per heavy atom. The molecule has 1 aliphatic rings. The van der Waals surface area contributed by atoms with Crippen molar-refractivity contribution in [3.63, 3.8) is 0 Å². The van der Waals surface area contributed by atoms with Gasteiger partial charge in [0, 0.05) is 50.0 Å². The summed E-state index contributed by atoms with van der Waals surface area (Å²) in [6, 6.07) is 25.8. The number of rotatable bonds is 10. The molecule has 0 amide bonds. The second-order valence-corrected chi connectivity index (χ2v) is 19.6. The summed E-state index contributed by atoms with van der Waals surface area (Å²) in [4.78, 5) is 10.9. The number of ketones is 1. The molecule has 0 saturated heterocycles. The lowest BCUT2D eigenvalue weighted by Crippen LogP contribution is -2.20. The Morgan fingerprint density at radius 1 is 0.453 bits per heavy atom. The van der Waals surface area contributed by atoms with Crippen molar-refractivity contribution >= 4 is 113 Å². The normalized spacial score (nSPS) is 14.2. The lowest BCUT2D eigenvalue weighted by Gasteiger charge is -2.17. The highest BCUT2D eigenvalue weighted by Gasteiger charge is 2.33. The Labute approximate surface area is 362 Å². The van der Waals surface area contributed by atoms with E-state index < -0.39 is 78.0 Å². The predicted octanol–water partition coefficient (Wildman–Crippen LogP) is 8.92. The topological polar surface area (TPSA) is 335 Å². The molecule has 24 heteroatoms. The van der Waals surface area contributed by atoms with Gasteiger partial charge in [-0.1, -0.05) is 42.5 Å². The number of fused-ring (bicyclic) bond motifs is 4. The van der Waals surface area contributed by atoms with Crippen LogP contribution in [-0.2, 0) is 46.9 Å². The lowest BCUT2D eigenvalue weighted by molar-refractivity contribution is 0.102. The summed E-state index contributed by atoms with van der Waals surface area (Å²) < 4.78 is 138. The van der Waals surface area contributed by atoms with Crippen LogP contribution in [0.1, 0.15) is 15.9 Å². The van der Waals surface area contributed by atoms with E-state index in [0.29, 0.717) is 16.5 Å². The van der Waals surface area contributed by atoms with E-state index in [2.05, 4.69) is 30.7 Å². The van der Waals surface area contributed by atoms with Crippen molar-refractivity contribution in [3.8, 4) is 0 Å². The number of hydrogen-bond donors (Lipinski definition) is 5. The van der Waals surface area contributed by atoms with Crippen LogP contribution >= 0.6 is 0 Å². The van der Waals surface area contributed by atoms with Gasteiger partial charge in [-0.2, -0.15) is 38.8 Å². The van der Waals surface area contributed by atoms with Crippen molar-refractivity contribution in [1.82, 2.24) is 0 Å². The molecule has 0 saturated carbocycles. The number of nitrogen functional groups attached to an aromatic ring is 1. The summed E-state index contributed by atoms with van der Waals surface area (Å²) >= 11 is 0. The van der Waals surface area contributed by atoms with Crippen molar-refractivity contribution in [2.45, 2.75) is 21.1 Å². The zero-order valence-corrected chi connectivity index (χ0v) is 35.3. The van der Waals surface area contributed by atoms with Crippen LogP contribution in [0.25, 0.3) is 32.3 Å². The van der Waals surface area contributed by atoms with Gasteiger partial charge < -0.3 is 5.73 Å². The molecule has 0 aliphatic heterocycles. The van der Waals surface area contributed by atoms with Crippen molar-refractivity contribution < 1.29 is 56.7 Å². The molecular weight excluding hydrogens is 915 g/mol. The third-order valence-electron chi connectivity index (χ3n) is 9.89. The highest BCUT2D eigenvalue weighted by molar-refractivity contribution is 7.89. The van der Waals surface area contributed by atoms with Gasteiger partial charge in [0.05, 0.1) is 33.3 Å². The number of nitrogens with two attached hydrogens (primary N) is 1. The van der Waals surface area contributed by atoms with Gasteiger partial charge in [-0.15, -0.1) is 25.6 Å². The molecular formula is C40H27N7O13S4. The highest BCUT2D eigenvalue weighted by Crippen LogP contribution is 2.40. The SMILES string of the molecule is Nc1ccc2c(c1)CC(S(=O)(=O)O)=C(N=Nc1ccc(N=Nc3ccc(N=Nc4cc(S(=O)(=O)O)c5cccc(S(=O)(=O)O)c5c4)c4ccccc34)c3ccc(S(=O)(=O)O)cc13)C2=O. The molecule has 0 spiro atoms. The molecule has 64 heavy (non-hydrogen) atoms. The van der Waals surface area contributed by atoms with Crippen molar-refractivity contribution in [2.24, 2.45) is 30.7 Å². The first-order valence-corrected chi connectivity index (χ1v) is 23.8. The molecule has 7 aromatic carbocycles. The highest BCUT2D eigenvalue weighted by atomic mass is 32.2. The summed E-state index contributed by atoms with van der Waals surface area (Å²) in [5.41, 5.74) is 6.07. The van der Waals surface area contributed by atoms with Crippen LogP contribution < -0.4 is 5.73 Å². The van der Waals surface area contributed by atoms with E-state index in [4.69, 9.17) is 5.73 Å². The maximum Gasteiger partial charge on any atom is 0.295 e. The number of Topliss-reactive ketones (excluding diaryl/α,β-unsaturated/α-hetero) is 1. The molecule has 7 aromatic rings. The zero-order valence-electron chi connectivity index (χ0n) is 32.0. The fourth-order valence-corrected chi connectivity index (χ4v) is 9.65. The van der Waals surface area contributed by atoms with E-state index in [9.17, 15) is 56.7 Å². The van der Waals surface area contributed by atoms with Crippen LogP contribution in [0.15, 0.2) is 171 Å². The van der Waals surface area contributed by atoms with Gasteiger partial charge in [0.15, 0.2) is 5.70 Å². The third kappa shape index (κ3) is 8.53. The Hall–Kier alpha value is -7.03. The van der Waals surface area contributed by atoms with E-state index >= 15 is 0 Å². The largest absolute Gasteiger partial charge is 0.399 e. The first-order chi connectivity index (χ1) is 30.1. The zero-order chi connectivity index (χ0) is 45.9. The number of azo groups is 3. The van der Waals surface area contributed by atoms with Gasteiger partial charge in [0.25, 0.3) is 40.5 Å². The average molecular weight is 942 g/mol. The van der Waals surface area contributed by atoms with Gasteiger partial charge in [-0.25, -0.2) is 0 Å². The Bertz CT molecular complexity index is 3800. The molecule has 20 nitrogen and oxygen atoms in total. The first kappa shape index (κ1) is 43.6. The molecule has 324 valence electrons. The second-order valence-electron chi connectivity index (χ2n) is 14.0. The second kappa shape index (κ2) is 16.0. The average Bonchev–Trinajstić information content (AvgIpc) is 3.22. The number of carbonyl (C=O) groups is 1. The molecule has 0 radical (unpaired) electrons. The van der Waals surface area contributed by atoms with Crippen LogP contribution in [-0.4, -0.2) is 57.7 Å². The van der Waals surface area contributed by atoms with E-state index in [-0.39, 0.29) is 61.1 Å². The Kier molecular flexibility index (Phi) is 10.9. The van der Waals surface area contributed by atoms with Crippen LogP contribution in [0.5, 0.6) is 0 Å². The predicted molar refractivity (Wildman–Crippen MR) is 232 cm³/mol. The van der Waals surface area contributed by atoms with Gasteiger partial charge in [-0.05, 0) is 78.4 Å². The van der Waals surface area contributed by atoms with Crippen molar-refractivity contribution in [3.05, 3.63) is 137 Å². The summed E-state index contributed by atoms with van der Waals surface area (Å²) in [5.74, 6) is -0.875. The van der Waals surface area contributed by atoms with E-state index in [1.165, 1.54) is 66.7 Å². The fourth-order valence-electron chi connectivity index (χ4n) is 7.01. The van der Waals surface area contributed by atoms with E-state index in [1.54, 1.807) is 24.3 Å². The van der Waals surface area contributed by atoms with Gasteiger partial charge in [0.2, 0.25) is 5.78 Å². The van der Waals surface area contributed by atoms with E-state index in [0.717, 1.165) is 24.3 Å². The number of allylic oxidation sites excluding steroid dienone is 2. The minimum absolute atomic E-state index is 0.0240. The van der Waals surface area contributed by atoms with Crippen LogP contribution in [0.3, 0.4) is 0 Å². The van der Waals surface area contributed by atoms with E-state index in [1.807, 2.05) is 0 Å². The summed E-state index contributed by atoms with van der Waals surface area (Å²) in [5, 5.41) is 25.9. The number of benzene rings is 7. The molecule has 0 aromatic heterocycles. The van der Waals surface area contributed by atoms with Crippen molar-refractivity contribution in [1.29, 1.82) is 0 Å². The van der Waals surface area contributed by atoms with Gasteiger partial charge >= 0.3 is 0 Å². The molecule has 0 fully saturated rings. The third-order valence-corrected chi connectivity index (χ3v) is 13.5. The maximum atomic E-state index is 13.4. The molecule has 0 bridgehead atoms. The molecule has 0 unspecified atom stereocenters. The summed E-state index contributed by atoms with van der Waals surface area (Å²) in [6.45, 7) is 0. The molecule has 1 aliphatic carbocycles. The Morgan fingerprint density at radius 2 is 1.00 bits per heavy atom. The summed E-state index contributed by atoms with van der Waals surface area (Å²) in [6.07, 6.45) is -0.423. The molecule has 0 heterocycles. The van der Waals surface area contributed by atoms with Crippen LogP contribution in [0.2, 0.25) is 0 Å². The minimum Gasteiger partial charge on any atom is -0.399 e. The number of hydrogen-bond acceptors (Lipinski definition) is 16. The van der Waals surface area contributed by atoms with Crippen LogP contribution in [0, 0.1) is 0 Å². The van der Waals surface area contributed by atoms with Crippen LogP contribution in [0.4, 0.5) is 34.1 Å². The Balaban J connectivity index is 1.18. The van der Waals surface area contributed by atoms with Gasteiger partial charge in [-0.3, -0.25) is 23.0 Å².